The summed E-state index contributed by atoms with van der Waals surface area (Å²) in [5.41, 5.74) is 1.23. The first kappa shape index (κ1) is 24.9. The number of aliphatic carboxylic acids is 2. The number of hydrogen-bond donors (Lipinski definition) is 2. The fourth-order valence-corrected chi connectivity index (χ4v) is 4.18. The molecular formula is C22H34N2O7. The highest BCUT2D eigenvalue weighted by Crippen LogP contribution is 2.28. The molecule has 174 valence electrons. The Balaban J connectivity index is 0.000000501. The van der Waals surface area contributed by atoms with E-state index in [2.05, 4.69) is 29.7 Å². The van der Waals surface area contributed by atoms with Crippen molar-refractivity contribution in [3.05, 3.63) is 23.8 Å². The molecule has 0 bridgehead atoms. The molecule has 2 fully saturated rings. The Kier molecular flexibility index (Phi) is 9.54. The first-order valence-corrected chi connectivity index (χ1v) is 10.5. The van der Waals surface area contributed by atoms with E-state index < -0.39 is 11.9 Å². The highest BCUT2D eigenvalue weighted by Gasteiger charge is 2.30. The van der Waals surface area contributed by atoms with Gasteiger partial charge in [0.15, 0.2) is 0 Å². The lowest BCUT2D eigenvalue weighted by Gasteiger charge is -2.43. The number of nitrogens with zero attached hydrogens (tertiary/aromatic N) is 2. The van der Waals surface area contributed by atoms with Crippen LogP contribution < -0.4 is 9.47 Å². The molecule has 0 aliphatic carbocycles. The van der Waals surface area contributed by atoms with E-state index in [1.54, 1.807) is 14.2 Å². The monoisotopic (exact) mass is 438 g/mol. The minimum absolute atomic E-state index is 0.352. The highest BCUT2D eigenvalue weighted by atomic mass is 16.5. The second-order valence-corrected chi connectivity index (χ2v) is 8.01. The second-order valence-electron chi connectivity index (χ2n) is 8.01. The van der Waals surface area contributed by atoms with E-state index in [9.17, 15) is 0 Å². The van der Waals surface area contributed by atoms with Crippen molar-refractivity contribution in [1.29, 1.82) is 0 Å². The molecule has 1 aromatic carbocycles. The van der Waals surface area contributed by atoms with Gasteiger partial charge in [-0.1, -0.05) is 6.07 Å². The van der Waals surface area contributed by atoms with Gasteiger partial charge in [0, 0.05) is 37.3 Å². The number of piperidine rings is 1. The largest absolute Gasteiger partial charge is 0.497 e. The third-order valence-electron chi connectivity index (χ3n) is 5.59. The standard InChI is InChI=1S/C20H32N2O3.C2H2O4/c1-15-12-22(13-16(2)25-15)18-7-9-21(10-8-18)14-17-5-6-19(23-3)11-20(17)24-4;3-1(4)2(5)6/h5-6,11,15-16,18H,7-10,12-14H2,1-4H3;(H,3,4)(H,5,6). The van der Waals surface area contributed by atoms with Crippen molar-refractivity contribution < 1.29 is 34.0 Å². The predicted octanol–water partition coefficient (Wildman–Crippen LogP) is 1.93. The zero-order valence-corrected chi connectivity index (χ0v) is 18.7. The molecule has 0 saturated carbocycles. The number of rotatable bonds is 5. The Morgan fingerprint density at radius 2 is 1.61 bits per heavy atom. The summed E-state index contributed by atoms with van der Waals surface area (Å²) in [6, 6.07) is 6.80. The summed E-state index contributed by atoms with van der Waals surface area (Å²) in [7, 11) is 3.41. The normalized spacial score (nSPS) is 22.8. The Morgan fingerprint density at radius 3 is 2.10 bits per heavy atom. The number of morpholine rings is 1. The van der Waals surface area contributed by atoms with Crippen LogP contribution in [-0.4, -0.2) is 90.6 Å². The number of ether oxygens (including phenoxy) is 3. The van der Waals surface area contributed by atoms with E-state index in [0.29, 0.717) is 18.2 Å². The topological polar surface area (TPSA) is 109 Å². The first-order valence-electron chi connectivity index (χ1n) is 10.5. The highest BCUT2D eigenvalue weighted by molar-refractivity contribution is 6.27. The Hall–Kier alpha value is -2.36. The van der Waals surface area contributed by atoms with Crippen LogP contribution in [0.5, 0.6) is 11.5 Å². The molecule has 2 atom stereocenters. The lowest BCUT2D eigenvalue weighted by Crippen LogP contribution is -2.53. The van der Waals surface area contributed by atoms with Gasteiger partial charge in [-0.15, -0.1) is 0 Å². The summed E-state index contributed by atoms with van der Waals surface area (Å²) < 4.78 is 16.7. The molecule has 31 heavy (non-hydrogen) atoms. The summed E-state index contributed by atoms with van der Waals surface area (Å²) >= 11 is 0. The van der Waals surface area contributed by atoms with Crippen LogP contribution >= 0.6 is 0 Å². The quantitative estimate of drug-likeness (QED) is 0.667. The predicted molar refractivity (Wildman–Crippen MR) is 115 cm³/mol. The maximum Gasteiger partial charge on any atom is 0.414 e. The average molecular weight is 439 g/mol. The van der Waals surface area contributed by atoms with Crippen molar-refractivity contribution in [1.82, 2.24) is 9.80 Å². The zero-order valence-electron chi connectivity index (χ0n) is 18.7. The molecule has 9 nitrogen and oxygen atoms in total. The van der Waals surface area contributed by atoms with Gasteiger partial charge in [0.2, 0.25) is 0 Å². The maximum atomic E-state index is 9.10. The molecule has 3 rings (SSSR count). The van der Waals surface area contributed by atoms with Gasteiger partial charge in [-0.2, -0.15) is 0 Å². The lowest BCUT2D eigenvalue weighted by molar-refractivity contribution is -0.159. The molecule has 9 heteroatoms. The summed E-state index contributed by atoms with van der Waals surface area (Å²) in [6.45, 7) is 9.74. The molecule has 0 amide bonds. The average Bonchev–Trinajstić information content (AvgIpc) is 2.74. The number of carboxylic acid groups (broad SMARTS) is 2. The molecule has 0 radical (unpaired) electrons. The van der Waals surface area contributed by atoms with E-state index in [0.717, 1.165) is 44.2 Å². The van der Waals surface area contributed by atoms with Gasteiger partial charge in [0.25, 0.3) is 0 Å². The van der Waals surface area contributed by atoms with E-state index in [4.69, 9.17) is 34.0 Å². The molecule has 2 aliphatic rings. The second kappa shape index (κ2) is 11.9. The van der Waals surface area contributed by atoms with Crippen molar-refractivity contribution in [3.8, 4) is 11.5 Å². The summed E-state index contributed by atoms with van der Waals surface area (Å²) in [5.74, 6) is -1.89. The van der Waals surface area contributed by atoms with Gasteiger partial charge in [-0.3, -0.25) is 9.80 Å². The van der Waals surface area contributed by atoms with Crippen molar-refractivity contribution in [2.24, 2.45) is 0 Å². The summed E-state index contributed by atoms with van der Waals surface area (Å²) in [5, 5.41) is 14.8. The number of carbonyl (C=O) groups is 2. The molecule has 0 spiro atoms. The van der Waals surface area contributed by atoms with Gasteiger partial charge in [0.1, 0.15) is 11.5 Å². The van der Waals surface area contributed by atoms with Crippen LogP contribution in [0.2, 0.25) is 0 Å². The molecule has 2 heterocycles. The number of carboxylic acids is 2. The van der Waals surface area contributed by atoms with E-state index in [-0.39, 0.29) is 0 Å². The van der Waals surface area contributed by atoms with Crippen LogP contribution in [0.4, 0.5) is 0 Å². The SMILES string of the molecule is COc1ccc(CN2CCC(N3CC(C)OC(C)C3)CC2)c(OC)c1.O=C(O)C(=O)O. The Bertz CT molecular complexity index is 713. The third kappa shape index (κ3) is 7.68. The van der Waals surface area contributed by atoms with E-state index in [1.807, 2.05) is 12.1 Å². The molecule has 2 unspecified atom stereocenters. The van der Waals surface area contributed by atoms with Crippen LogP contribution in [0.3, 0.4) is 0 Å². The van der Waals surface area contributed by atoms with Crippen LogP contribution in [0, 0.1) is 0 Å². The fourth-order valence-electron chi connectivity index (χ4n) is 4.18. The smallest absolute Gasteiger partial charge is 0.414 e. The molecule has 2 aliphatic heterocycles. The zero-order chi connectivity index (χ0) is 23.0. The van der Waals surface area contributed by atoms with Crippen molar-refractivity contribution >= 4 is 11.9 Å². The molecule has 0 aromatic heterocycles. The van der Waals surface area contributed by atoms with Crippen LogP contribution in [0.15, 0.2) is 18.2 Å². The van der Waals surface area contributed by atoms with Crippen LogP contribution in [-0.2, 0) is 20.9 Å². The number of likely N-dealkylation sites (tertiary alicyclic amines) is 1. The molecular weight excluding hydrogens is 404 g/mol. The third-order valence-corrected chi connectivity index (χ3v) is 5.59. The Labute approximate surface area is 183 Å². The van der Waals surface area contributed by atoms with Crippen molar-refractivity contribution in [2.75, 3.05) is 40.4 Å². The Morgan fingerprint density at radius 1 is 1.03 bits per heavy atom. The molecule has 2 N–H and O–H groups in total. The van der Waals surface area contributed by atoms with Gasteiger partial charge in [-0.05, 0) is 45.8 Å². The van der Waals surface area contributed by atoms with Crippen LogP contribution in [0.25, 0.3) is 0 Å². The number of hydrogen-bond acceptors (Lipinski definition) is 7. The molecule has 2 saturated heterocycles. The van der Waals surface area contributed by atoms with Crippen molar-refractivity contribution in [2.45, 2.75) is 51.5 Å². The van der Waals surface area contributed by atoms with Gasteiger partial charge < -0.3 is 24.4 Å². The minimum Gasteiger partial charge on any atom is -0.497 e. The first-order chi connectivity index (χ1) is 14.7. The van der Waals surface area contributed by atoms with Crippen LogP contribution in [0.1, 0.15) is 32.3 Å². The van der Waals surface area contributed by atoms with E-state index >= 15 is 0 Å². The molecule has 1 aromatic rings. The number of benzene rings is 1. The van der Waals surface area contributed by atoms with E-state index in [1.165, 1.54) is 18.4 Å². The van der Waals surface area contributed by atoms with Gasteiger partial charge in [0.05, 0.1) is 26.4 Å². The summed E-state index contributed by atoms with van der Waals surface area (Å²) in [4.78, 5) is 23.4. The fraction of sp³-hybridized carbons (Fsp3) is 0.636. The number of methoxy groups -OCH3 is 2. The van der Waals surface area contributed by atoms with Crippen molar-refractivity contribution in [3.63, 3.8) is 0 Å². The summed E-state index contributed by atoms with van der Waals surface area (Å²) in [6.07, 6.45) is 3.17. The lowest BCUT2D eigenvalue weighted by atomic mass is 10.0. The van der Waals surface area contributed by atoms with Gasteiger partial charge in [-0.25, -0.2) is 9.59 Å². The minimum atomic E-state index is -1.82. The maximum absolute atomic E-state index is 9.10. The van der Waals surface area contributed by atoms with Gasteiger partial charge >= 0.3 is 11.9 Å².